The minimum atomic E-state index is -0.320. The molecule has 0 aliphatic rings. The van der Waals surface area contributed by atoms with Gasteiger partial charge in [-0.15, -0.1) is 0 Å². The molecule has 3 aromatic rings. The zero-order valence-electron chi connectivity index (χ0n) is 12.7. The van der Waals surface area contributed by atoms with E-state index in [0.29, 0.717) is 32.7 Å². The van der Waals surface area contributed by atoms with Crippen LogP contribution in [-0.4, -0.2) is 25.1 Å². The van der Waals surface area contributed by atoms with E-state index in [1.54, 1.807) is 38.5 Å². The van der Waals surface area contributed by atoms with Gasteiger partial charge in [-0.3, -0.25) is 10.1 Å². The average Bonchev–Trinajstić information content (AvgIpc) is 2.96. The number of hydrogen-bond acceptors (Lipinski definition) is 5. The van der Waals surface area contributed by atoms with Crippen LogP contribution in [0.1, 0.15) is 10.4 Å². The molecule has 0 aliphatic heterocycles. The zero-order valence-corrected chi connectivity index (χ0v) is 15.9. The summed E-state index contributed by atoms with van der Waals surface area (Å²) in [7, 11) is 3.14. The molecule has 0 fully saturated rings. The molecular formula is C16H12BrClN2O3S. The summed E-state index contributed by atoms with van der Waals surface area (Å²) in [6.07, 6.45) is 0. The molecule has 0 spiro atoms. The Morgan fingerprint density at radius 2 is 1.92 bits per heavy atom. The Hall–Kier alpha value is -1.83. The third-order valence-electron chi connectivity index (χ3n) is 3.29. The van der Waals surface area contributed by atoms with Crippen molar-refractivity contribution < 1.29 is 14.3 Å². The number of anilines is 1. The Kier molecular flexibility index (Phi) is 4.93. The number of carbonyl (C=O) groups is 1. The van der Waals surface area contributed by atoms with Gasteiger partial charge in [0, 0.05) is 16.6 Å². The van der Waals surface area contributed by atoms with E-state index in [1.807, 2.05) is 6.07 Å². The van der Waals surface area contributed by atoms with Gasteiger partial charge in [-0.1, -0.05) is 38.9 Å². The first-order chi connectivity index (χ1) is 11.5. The number of carbonyl (C=O) groups excluding carboxylic acids is 1. The van der Waals surface area contributed by atoms with Gasteiger partial charge in [0.2, 0.25) is 0 Å². The molecule has 0 atom stereocenters. The number of thiazole rings is 1. The van der Waals surface area contributed by atoms with E-state index < -0.39 is 0 Å². The molecule has 0 saturated heterocycles. The highest BCUT2D eigenvalue weighted by Crippen LogP contribution is 2.36. The van der Waals surface area contributed by atoms with Gasteiger partial charge in [0.25, 0.3) is 5.91 Å². The summed E-state index contributed by atoms with van der Waals surface area (Å²) in [5, 5.41) is 3.62. The summed E-state index contributed by atoms with van der Waals surface area (Å²) in [4.78, 5) is 16.8. The summed E-state index contributed by atoms with van der Waals surface area (Å²) in [6.45, 7) is 0. The second-order valence-corrected chi connectivity index (χ2v) is 7.13. The maximum absolute atomic E-state index is 12.4. The summed E-state index contributed by atoms with van der Waals surface area (Å²) >= 11 is 10.8. The number of halogens is 2. The summed E-state index contributed by atoms with van der Waals surface area (Å²) in [5.41, 5.74) is 1.09. The maximum Gasteiger partial charge on any atom is 0.258 e. The van der Waals surface area contributed by atoms with Crippen molar-refractivity contribution in [3.63, 3.8) is 0 Å². The van der Waals surface area contributed by atoms with E-state index in [0.717, 1.165) is 9.17 Å². The van der Waals surface area contributed by atoms with Crippen LogP contribution in [0.2, 0.25) is 5.02 Å². The van der Waals surface area contributed by atoms with Crippen molar-refractivity contribution in [1.29, 1.82) is 0 Å². The number of rotatable bonds is 4. The zero-order chi connectivity index (χ0) is 17.3. The van der Waals surface area contributed by atoms with Crippen molar-refractivity contribution in [2.45, 2.75) is 0 Å². The van der Waals surface area contributed by atoms with Crippen molar-refractivity contribution in [2.24, 2.45) is 0 Å². The van der Waals surface area contributed by atoms with Gasteiger partial charge in [-0.25, -0.2) is 4.98 Å². The Bertz CT molecular complexity index is 888. The highest BCUT2D eigenvalue weighted by atomic mass is 79.9. The lowest BCUT2D eigenvalue weighted by atomic mass is 10.2. The molecule has 0 radical (unpaired) electrons. The molecule has 124 valence electrons. The van der Waals surface area contributed by atoms with Crippen molar-refractivity contribution in [3.05, 3.63) is 45.4 Å². The van der Waals surface area contributed by atoms with Crippen LogP contribution in [0.15, 0.2) is 34.8 Å². The Labute approximate surface area is 155 Å². The van der Waals surface area contributed by atoms with Gasteiger partial charge in [0.15, 0.2) is 16.6 Å². The highest BCUT2D eigenvalue weighted by molar-refractivity contribution is 9.10. The first-order valence-electron chi connectivity index (χ1n) is 6.81. The van der Waals surface area contributed by atoms with Crippen molar-refractivity contribution >= 4 is 60.1 Å². The minimum absolute atomic E-state index is 0.320. The number of nitrogens with one attached hydrogen (secondary N) is 1. The first kappa shape index (κ1) is 17.0. The second-order valence-electron chi connectivity index (χ2n) is 4.77. The number of nitrogens with zero attached hydrogens (tertiary/aromatic N) is 1. The van der Waals surface area contributed by atoms with Gasteiger partial charge >= 0.3 is 0 Å². The maximum atomic E-state index is 12.4. The van der Waals surface area contributed by atoms with Crippen molar-refractivity contribution in [2.75, 3.05) is 19.5 Å². The van der Waals surface area contributed by atoms with Gasteiger partial charge in [0.05, 0.1) is 35.0 Å². The number of hydrogen-bond donors (Lipinski definition) is 1. The highest BCUT2D eigenvalue weighted by Gasteiger charge is 2.15. The summed E-state index contributed by atoms with van der Waals surface area (Å²) in [6, 6.07) is 8.70. The molecule has 1 heterocycles. The van der Waals surface area contributed by atoms with E-state index >= 15 is 0 Å². The van der Waals surface area contributed by atoms with Gasteiger partial charge in [0.1, 0.15) is 0 Å². The number of fused-ring (bicyclic) bond motifs is 1. The number of amides is 1. The molecule has 2 aromatic carbocycles. The van der Waals surface area contributed by atoms with E-state index in [-0.39, 0.29) is 5.91 Å². The lowest BCUT2D eigenvalue weighted by molar-refractivity contribution is 0.102. The van der Waals surface area contributed by atoms with Crippen LogP contribution in [0.3, 0.4) is 0 Å². The van der Waals surface area contributed by atoms with Crippen LogP contribution in [0.4, 0.5) is 5.13 Å². The summed E-state index contributed by atoms with van der Waals surface area (Å²) in [5.74, 6) is 0.879. The minimum Gasteiger partial charge on any atom is -0.493 e. The van der Waals surface area contributed by atoms with Crippen molar-refractivity contribution in [3.8, 4) is 11.5 Å². The molecule has 3 rings (SSSR count). The Morgan fingerprint density at radius 3 is 2.62 bits per heavy atom. The monoisotopic (exact) mass is 426 g/mol. The van der Waals surface area contributed by atoms with Crippen LogP contribution in [-0.2, 0) is 0 Å². The molecule has 0 saturated carbocycles. The fourth-order valence-corrected chi connectivity index (χ4v) is 3.58. The predicted molar refractivity (Wildman–Crippen MR) is 99.8 cm³/mol. The molecule has 0 aliphatic carbocycles. The summed E-state index contributed by atoms with van der Waals surface area (Å²) < 4.78 is 12.2. The van der Waals surface area contributed by atoms with Crippen LogP contribution < -0.4 is 14.8 Å². The van der Waals surface area contributed by atoms with Crippen LogP contribution in [0, 0.1) is 0 Å². The van der Waals surface area contributed by atoms with Gasteiger partial charge in [-0.05, 0) is 18.2 Å². The normalized spacial score (nSPS) is 10.7. The Balaban J connectivity index is 1.92. The quantitative estimate of drug-likeness (QED) is 0.638. The lowest BCUT2D eigenvalue weighted by Crippen LogP contribution is -2.12. The SMILES string of the molecule is COc1cc2nc(NC(=O)c3cc(Br)ccc3Cl)sc2cc1OC. The molecule has 24 heavy (non-hydrogen) atoms. The average molecular weight is 428 g/mol. The standard InChI is InChI=1S/C16H12BrClN2O3S/c1-22-12-6-11-14(7-13(12)23-2)24-16(19-11)20-15(21)9-5-8(17)3-4-10(9)18/h3-7H,1-2H3,(H,19,20,21). The van der Waals surface area contributed by atoms with E-state index in [1.165, 1.54) is 11.3 Å². The van der Waals surface area contributed by atoms with Crippen LogP contribution in [0.5, 0.6) is 11.5 Å². The molecule has 0 bridgehead atoms. The molecule has 1 N–H and O–H groups in total. The molecule has 0 unspecified atom stereocenters. The molecule has 8 heteroatoms. The lowest BCUT2D eigenvalue weighted by Gasteiger charge is -2.05. The predicted octanol–water partition coefficient (Wildman–Crippen LogP) is 4.98. The number of aromatic nitrogens is 1. The van der Waals surface area contributed by atoms with E-state index in [9.17, 15) is 4.79 Å². The largest absolute Gasteiger partial charge is 0.493 e. The number of methoxy groups -OCH3 is 2. The van der Waals surface area contributed by atoms with Crippen LogP contribution in [0.25, 0.3) is 10.2 Å². The second kappa shape index (κ2) is 6.96. The topological polar surface area (TPSA) is 60.5 Å². The molecule has 1 aromatic heterocycles. The fourth-order valence-electron chi connectivity index (χ4n) is 2.14. The van der Waals surface area contributed by atoms with Crippen LogP contribution >= 0.6 is 38.9 Å². The third-order valence-corrected chi connectivity index (χ3v) is 5.04. The van der Waals surface area contributed by atoms with Crippen molar-refractivity contribution in [1.82, 2.24) is 4.98 Å². The Morgan fingerprint density at radius 1 is 1.21 bits per heavy atom. The number of benzene rings is 2. The fraction of sp³-hybridized carbons (Fsp3) is 0.125. The first-order valence-corrected chi connectivity index (χ1v) is 8.79. The molecular weight excluding hydrogens is 416 g/mol. The molecule has 5 nitrogen and oxygen atoms in total. The molecule has 1 amide bonds. The third kappa shape index (κ3) is 3.33. The van der Waals surface area contributed by atoms with Gasteiger partial charge in [-0.2, -0.15) is 0 Å². The van der Waals surface area contributed by atoms with Gasteiger partial charge < -0.3 is 9.47 Å². The van der Waals surface area contributed by atoms with E-state index in [2.05, 4.69) is 26.2 Å². The van der Waals surface area contributed by atoms with E-state index in [4.69, 9.17) is 21.1 Å². The number of ether oxygens (including phenoxy) is 2. The smallest absolute Gasteiger partial charge is 0.258 e.